The first-order valence-electron chi connectivity index (χ1n) is 8.15. The van der Waals surface area contributed by atoms with Crippen LogP contribution in [0.4, 0.5) is 4.39 Å². The van der Waals surface area contributed by atoms with Crippen LogP contribution in [-0.4, -0.2) is 11.5 Å². The predicted molar refractivity (Wildman–Crippen MR) is 92.5 cm³/mol. The highest BCUT2D eigenvalue weighted by molar-refractivity contribution is 5.85. The Kier molecular flexibility index (Phi) is 3.27. The summed E-state index contributed by atoms with van der Waals surface area (Å²) in [5.74, 6) is -0.170. The molecule has 2 N–H and O–H groups in total. The Hall–Kier alpha value is -2.13. The smallest absolute Gasteiger partial charge is 0.123 e. The van der Waals surface area contributed by atoms with Gasteiger partial charge in [-0.05, 0) is 73.2 Å². The molecule has 2 heterocycles. The number of benzene rings is 2. The summed E-state index contributed by atoms with van der Waals surface area (Å²) in [6.45, 7) is 7.38. The first-order valence-corrected chi connectivity index (χ1v) is 8.15. The highest BCUT2D eigenvalue weighted by Gasteiger charge is 2.26. The second-order valence-electron chi connectivity index (χ2n) is 6.64. The van der Waals surface area contributed by atoms with Crippen molar-refractivity contribution in [1.82, 2.24) is 10.3 Å². The Bertz CT molecular complexity index is 908. The lowest BCUT2D eigenvalue weighted by Crippen LogP contribution is -2.31. The summed E-state index contributed by atoms with van der Waals surface area (Å²) in [6.07, 6.45) is 0.930. The molecular formula is C20H21FN2. The highest BCUT2D eigenvalue weighted by Crippen LogP contribution is 2.35. The van der Waals surface area contributed by atoms with E-state index in [9.17, 15) is 4.39 Å². The molecule has 3 heteroatoms. The Morgan fingerprint density at radius 1 is 1.00 bits per heavy atom. The molecule has 3 aromatic rings. The lowest BCUT2D eigenvalue weighted by molar-refractivity contribution is 0.558. The summed E-state index contributed by atoms with van der Waals surface area (Å²) in [5, 5.41) is 4.65. The second-order valence-corrected chi connectivity index (χ2v) is 6.64. The number of nitrogens with one attached hydrogen (secondary N) is 2. The van der Waals surface area contributed by atoms with E-state index in [-0.39, 0.29) is 11.9 Å². The summed E-state index contributed by atoms with van der Waals surface area (Å²) in [6, 6.07) is 9.70. The van der Waals surface area contributed by atoms with E-state index < -0.39 is 0 Å². The number of rotatable bonds is 1. The van der Waals surface area contributed by atoms with Gasteiger partial charge in [-0.15, -0.1) is 0 Å². The second kappa shape index (κ2) is 5.20. The fourth-order valence-electron chi connectivity index (χ4n) is 3.76. The molecule has 0 radical (unpaired) electrons. The molecule has 1 unspecified atom stereocenters. The van der Waals surface area contributed by atoms with Gasteiger partial charge >= 0.3 is 0 Å². The van der Waals surface area contributed by atoms with Gasteiger partial charge in [0, 0.05) is 23.1 Å². The topological polar surface area (TPSA) is 27.8 Å². The number of aromatic amines is 1. The van der Waals surface area contributed by atoms with Gasteiger partial charge in [0.1, 0.15) is 5.82 Å². The number of H-pyrrole nitrogens is 1. The van der Waals surface area contributed by atoms with Crippen molar-refractivity contribution in [1.29, 1.82) is 0 Å². The predicted octanol–water partition coefficient (Wildman–Crippen LogP) is 4.47. The summed E-state index contributed by atoms with van der Waals surface area (Å²) >= 11 is 0. The van der Waals surface area contributed by atoms with E-state index >= 15 is 0 Å². The molecule has 1 aliphatic heterocycles. The van der Waals surface area contributed by atoms with E-state index in [1.54, 1.807) is 6.07 Å². The number of fused-ring (bicyclic) bond motifs is 3. The quantitative estimate of drug-likeness (QED) is 0.682. The SMILES string of the molecule is Cc1cc(C)c(C2NCCc3c2[nH]c2ccc(F)cc32)cc1C. The van der Waals surface area contributed by atoms with Crippen molar-refractivity contribution in [3.8, 4) is 0 Å². The fourth-order valence-corrected chi connectivity index (χ4v) is 3.76. The van der Waals surface area contributed by atoms with Crippen molar-refractivity contribution in [2.75, 3.05) is 6.54 Å². The van der Waals surface area contributed by atoms with Crippen LogP contribution in [0.5, 0.6) is 0 Å². The van der Waals surface area contributed by atoms with Crippen LogP contribution in [0.15, 0.2) is 30.3 Å². The van der Waals surface area contributed by atoms with Gasteiger partial charge in [0.25, 0.3) is 0 Å². The fraction of sp³-hybridized carbons (Fsp3) is 0.300. The lowest BCUT2D eigenvalue weighted by Gasteiger charge is -2.27. The molecule has 0 bridgehead atoms. The molecule has 2 nitrogen and oxygen atoms in total. The van der Waals surface area contributed by atoms with Crippen LogP contribution in [-0.2, 0) is 6.42 Å². The average Bonchev–Trinajstić information content (AvgIpc) is 2.89. The minimum atomic E-state index is -0.170. The third kappa shape index (κ3) is 2.27. The van der Waals surface area contributed by atoms with Crippen molar-refractivity contribution in [3.05, 3.63) is 69.7 Å². The van der Waals surface area contributed by atoms with Gasteiger partial charge in [0.05, 0.1) is 6.04 Å². The molecular weight excluding hydrogens is 287 g/mol. The standard InChI is InChI=1S/C20H21FN2/c1-11-8-13(3)16(9-12(11)2)19-20-15(6-7-22-19)17-10-14(21)4-5-18(17)23-20/h4-5,8-10,19,22-23H,6-7H2,1-3H3. The van der Waals surface area contributed by atoms with Gasteiger partial charge in [-0.3, -0.25) is 0 Å². The van der Waals surface area contributed by atoms with Crippen LogP contribution in [0.3, 0.4) is 0 Å². The van der Waals surface area contributed by atoms with Crippen molar-refractivity contribution in [2.24, 2.45) is 0 Å². The number of hydrogen-bond donors (Lipinski definition) is 2. The molecule has 0 saturated carbocycles. The third-order valence-electron chi connectivity index (χ3n) is 5.11. The molecule has 0 fully saturated rings. The van der Waals surface area contributed by atoms with Gasteiger partial charge < -0.3 is 10.3 Å². The van der Waals surface area contributed by atoms with Gasteiger partial charge in [-0.25, -0.2) is 4.39 Å². The first-order chi connectivity index (χ1) is 11.0. The van der Waals surface area contributed by atoms with Crippen LogP contribution in [0, 0.1) is 26.6 Å². The molecule has 0 aliphatic carbocycles. The van der Waals surface area contributed by atoms with Gasteiger partial charge in [0.15, 0.2) is 0 Å². The molecule has 0 amide bonds. The van der Waals surface area contributed by atoms with Crippen LogP contribution in [0.2, 0.25) is 0 Å². The molecule has 1 aliphatic rings. The minimum Gasteiger partial charge on any atom is -0.357 e. The molecule has 0 spiro atoms. The summed E-state index contributed by atoms with van der Waals surface area (Å²) in [5.41, 5.74) is 8.68. The maximum Gasteiger partial charge on any atom is 0.123 e. The van der Waals surface area contributed by atoms with Crippen LogP contribution >= 0.6 is 0 Å². The maximum absolute atomic E-state index is 13.6. The van der Waals surface area contributed by atoms with E-state index in [1.807, 2.05) is 6.07 Å². The Morgan fingerprint density at radius 3 is 2.61 bits per heavy atom. The monoisotopic (exact) mass is 308 g/mol. The Balaban J connectivity index is 1.91. The number of aromatic nitrogens is 1. The van der Waals surface area contributed by atoms with Gasteiger partial charge in [-0.1, -0.05) is 12.1 Å². The van der Waals surface area contributed by atoms with Crippen LogP contribution in [0.1, 0.15) is 39.6 Å². The zero-order chi connectivity index (χ0) is 16.1. The van der Waals surface area contributed by atoms with E-state index in [0.717, 1.165) is 23.9 Å². The van der Waals surface area contributed by atoms with Crippen molar-refractivity contribution in [3.63, 3.8) is 0 Å². The largest absolute Gasteiger partial charge is 0.357 e. The number of halogens is 1. The number of aryl methyl sites for hydroxylation is 3. The van der Waals surface area contributed by atoms with E-state index in [2.05, 4.69) is 43.2 Å². The molecule has 118 valence electrons. The van der Waals surface area contributed by atoms with Gasteiger partial charge in [0.2, 0.25) is 0 Å². The molecule has 1 aromatic heterocycles. The molecule has 1 atom stereocenters. The molecule has 4 rings (SSSR count). The third-order valence-corrected chi connectivity index (χ3v) is 5.11. The van der Waals surface area contributed by atoms with Crippen molar-refractivity contribution in [2.45, 2.75) is 33.2 Å². The lowest BCUT2D eigenvalue weighted by atomic mass is 9.90. The zero-order valence-electron chi connectivity index (χ0n) is 13.8. The number of hydrogen-bond acceptors (Lipinski definition) is 1. The summed E-state index contributed by atoms with van der Waals surface area (Å²) in [7, 11) is 0. The zero-order valence-corrected chi connectivity index (χ0v) is 13.8. The van der Waals surface area contributed by atoms with Crippen molar-refractivity contribution >= 4 is 10.9 Å². The maximum atomic E-state index is 13.6. The van der Waals surface area contributed by atoms with Crippen LogP contribution < -0.4 is 5.32 Å². The summed E-state index contributed by atoms with van der Waals surface area (Å²) in [4.78, 5) is 3.52. The van der Waals surface area contributed by atoms with E-state index in [0.29, 0.717) is 0 Å². The van der Waals surface area contributed by atoms with Crippen molar-refractivity contribution < 1.29 is 4.39 Å². The molecule has 0 saturated heterocycles. The Labute approximate surface area is 135 Å². The highest BCUT2D eigenvalue weighted by atomic mass is 19.1. The minimum absolute atomic E-state index is 0.147. The average molecular weight is 308 g/mol. The first kappa shape index (κ1) is 14.5. The summed E-state index contributed by atoms with van der Waals surface area (Å²) < 4.78 is 13.6. The van der Waals surface area contributed by atoms with E-state index in [4.69, 9.17) is 0 Å². The van der Waals surface area contributed by atoms with E-state index in [1.165, 1.54) is 39.6 Å². The Morgan fingerprint density at radius 2 is 1.78 bits per heavy atom. The van der Waals surface area contributed by atoms with Crippen LogP contribution in [0.25, 0.3) is 10.9 Å². The molecule has 2 aromatic carbocycles. The normalized spacial score (nSPS) is 17.5. The molecule has 23 heavy (non-hydrogen) atoms. The van der Waals surface area contributed by atoms with Gasteiger partial charge in [-0.2, -0.15) is 0 Å².